The average Bonchev–Trinajstić information content (AvgIpc) is 2.18. The van der Waals surface area contributed by atoms with E-state index in [1.807, 2.05) is 0 Å². The van der Waals surface area contributed by atoms with Gasteiger partial charge < -0.3 is 10.4 Å². The highest BCUT2D eigenvalue weighted by molar-refractivity contribution is 6.33. The lowest BCUT2D eigenvalue weighted by Crippen LogP contribution is -2.25. The van der Waals surface area contributed by atoms with Gasteiger partial charge in [0, 0.05) is 12.4 Å². The second kappa shape index (κ2) is 5.08. The Balaban J connectivity index is 2.83. The zero-order valence-corrected chi connectivity index (χ0v) is 8.77. The molecule has 1 aromatic carbocycles. The number of rotatable bonds is 3. The highest BCUT2D eigenvalue weighted by Crippen LogP contribution is 2.20. The van der Waals surface area contributed by atoms with Crippen LogP contribution in [0.4, 0.5) is 0 Å². The van der Waals surface area contributed by atoms with Crippen molar-refractivity contribution in [3.05, 3.63) is 28.8 Å². The predicted octanol–water partition coefficient (Wildman–Crippen LogP) is 2.01. The smallest absolute Gasteiger partial charge is 0.252 e. The van der Waals surface area contributed by atoms with E-state index in [1.165, 1.54) is 18.2 Å². The Bertz CT molecular complexity index is 342. The fourth-order valence-electron chi connectivity index (χ4n) is 0.943. The lowest BCUT2D eigenvalue weighted by atomic mass is 10.2. The third-order valence-corrected chi connectivity index (χ3v) is 2.09. The molecule has 2 N–H and O–H groups in total. The molecule has 0 aliphatic heterocycles. The maximum absolute atomic E-state index is 11.4. The molecule has 0 aliphatic rings. The van der Waals surface area contributed by atoms with Gasteiger partial charge in [-0.1, -0.05) is 11.6 Å². The zero-order chi connectivity index (χ0) is 10.6. The maximum atomic E-state index is 11.4. The van der Waals surface area contributed by atoms with E-state index >= 15 is 0 Å². The number of hydrogen-bond donors (Lipinski definition) is 2. The van der Waals surface area contributed by atoms with Crippen molar-refractivity contribution in [3.8, 4) is 5.75 Å². The minimum absolute atomic E-state index is 0.00502. The van der Waals surface area contributed by atoms with Gasteiger partial charge >= 0.3 is 0 Å². The maximum Gasteiger partial charge on any atom is 0.252 e. The summed E-state index contributed by atoms with van der Waals surface area (Å²) in [5, 5.41) is 12.0. The molecule has 5 heteroatoms. The number of phenols is 1. The molecule has 0 unspecified atom stereocenters. The van der Waals surface area contributed by atoms with Crippen LogP contribution in [0.5, 0.6) is 5.75 Å². The highest BCUT2D eigenvalue weighted by Gasteiger charge is 2.09. The van der Waals surface area contributed by atoms with Crippen LogP contribution in [0.15, 0.2) is 18.2 Å². The third-order valence-electron chi connectivity index (χ3n) is 1.57. The van der Waals surface area contributed by atoms with Crippen molar-refractivity contribution in [2.45, 2.75) is 0 Å². The average molecular weight is 234 g/mol. The Hall–Kier alpha value is -0.930. The Morgan fingerprint density at radius 3 is 2.86 bits per heavy atom. The van der Waals surface area contributed by atoms with Gasteiger partial charge in [0.15, 0.2) is 0 Å². The van der Waals surface area contributed by atoms with Crippen molar-refractivity contribution in [1.82, 2.24) is 5.32 Å². The third kappa shape index (κ3) is 2.79. The van der Waals surface area contributed by atoms with E-state index in [2.05, 4.69) is 5.32 Å². The summed E-state index contributed by atoms with van der Waals surface area (Å²) in [5.74, 6) is -0.000645. The molecule has 0 bridgehead atoms. The van der Waals surface area contributed by atoms with E-state index in [0.717, 1.165) is 0 Å². The largest absolute Gasteiger partial charge is 0.508 e. The molecule has 0 saturated carbocycles. The summed E-state index contributed by atoms with van der Waals surface area (Å²) in [4.78, 5) is 11.4. The molecule has 1 aromatic rings. The summed E-state index contributed by atoms with van der Waals surface area (Å²) >= 11 is 11.2. The molecule has 0 aromatic heterocycles. The first kappa shape index (κ1) is 11.1. The number of amides is 1. The minimum Gasteiger partial charge on any atom is -0.508 e. The fraction of sp³-hybridized carbons (Fsp3) is 0.222. The summed E-state index contributed by atoms with van der Waals surface area (Å²) in [6.07, 6.45) is 0. The lowest BCUT2D eigenvalue weighted by Gasteiger charge is -2.05. The monoisotopic (exact) mass is 233 g/mol. The zero-order valence-electron chi connectivity index (χ0n) is 7.26. The van der Waals surface area contributed by atoms with Crippen LogP contribution in [0, 0.1) is 0 Å². The number of phenolic OH excluding ortho intramolecular Hbond substituents is 1. The van der Waals surface area contributed by atoms with E-state index in [1.54, 1.807) is 0 Å². The minimum atomic E-state index is -0.341. The Morgan fingerprint density at radius 1 is 1.50 bits per heavy atom. The van der Waals surface area contributed by atoms with Gasteiger partial charge in [0.05, 0.1) is 10.6 Å². The van der Waals surface area contributed by atoms with Crippen molar-refractivity contribution < 1.29 is 9.90 Å². The van der Waals surface area contributed by atoms with Crippen LogP contribution < -0.4 is 5.32 Å². The molecule has 14 heavy (non-hydrogen) atoms. The van der Waals surface area contributed by atoms with Gasteiger partial charge in [-0.25, -0.2) is 0 Å². The topological polar surface area (TPSA) is 49.3 Å². The molecule has 0 radical (unpaired) electrons. The first-order valence-corrected chi connectivity index (χ1v) is 4.89. The number of aromatic hydroxyl groups is 1. The van der Waals surface area contributed by atoms with Crippen molar-refractivity contribution in [3.63, 3.8) is 0 Å². The molecule has 1 amide bonds. The molecule has 0 spiro atoms. The van der Waals surface area contributed by atoms with Gasteiger partial charge in [-0.05, 0) is 18.2 Å². The number of carbonyl (C=O) groups excluding carboxylic acids is 1. The van der Waals surface area contributed by atoms with Crippen molar-refractivity contribution in [2.24, 2.45) is 0 Å². The molecule has 76 valence electrons. The number of halogens is 2. The van der Waals surface area contributed by atoms with Gasteiger partial charge in [-0.3, -0.25) is 4.79 Å². The normalized spacial score (nSPS) is 9.86. The fourth-order valence-corrected chi connectivity index (χ4v) is 1.24. The number of hydrogen-bond acceptors (Lipinski definition) is 2. The summed E-state index contributed by atoms with van der Waals surface area (Å²) in [7, 11) is 0. The number of carbonyl (C=O) groups is 1. The van der Waals surface area contributed by atoms with Crippen LogP contribution in [0.1, 0.15) is 10.4 Å². The molecule has 0 atom stereocenters. The molecular weight excluding hydrogens is 225 g/mol. The Morgan fingerprint density at radius 2 is 2.21 bits per heavy atom. The Labute approximate surface area is 91.6 Å². The summed E-state index contributed by atoms with van der Waals surface area (Å²) in [6.45, 7) is 0.367. The first-order valence-electron chi connectivity index (χ1n) is 3.98. The molecule has 0 aliphatic carbocycles. The van der Waals surface area contributed by atoms with Crippen LogP contribution in [0.25, 0.3) is 0 Å². The number of alkyl halides is 1. The van der Waals surface area contributed by atoms with Crippen LogP contribution in [-0.2, 0) is 0 Å². The second-order valence-corrected chi connectivity index (χ2v) is 3.39. The lowest BCUT2D eigenvalue weighted by molar-refractivity contribution is 0.0956. The van der Waals surface area contributed by atoms with Gasteiger partial charge in [-0.15, -0.1) is 11.6 Å². The molecule has 1 rings (SSSR count). The highest BCUT2D eigenvalue weighted by atomic mass is 35.5. The van der Waals surface area contributed by atoms with Crippen molar-refractivity contribution in [2.75, 3.05) is 12.4 Å². The van der Waals surface area contributed by atoms with Crippen LogP contribution >= 0.6 is 23.2 Å². The Kier molecular flexibility index (Phi) is 4.04. The van der Waals surface area contributed by atoms with Gasteiger partial charge in [0.25, 0.3) is 5.91 Å². The summed E-state index contributed by atoms with van der Waals surface area (Å²) in [6, 6.07) is 4.19. The molecule has 0 heterocycles. The van der Waals surface area contributed by atoms with E-state index in [0.29, 0.717) is 17.4 Å². The van der Waals surface area contributed by atoms with Gasteiger partial charge in [0.2, 0.25) is 0 Å². The SMILES string of the molecule is O=C(NCCCl)c1cc(O)ccc1Cl. The standard InChI is InChI=1S/C9H9Cl2NO2/c10-3-4-12-9(14)7-5-6(13)1-2-8(7)11/h1-2,5,13H,3-4H2,(H,12,14). The quantitative estimate of drug-likeness (QED) is 0.786. The van der Waals surface area contributed by atoms with Crippen LogP contribution in [-0.4, -0.2) is 23.4 Å². The molecular formula is C9H9Cl2NO2. The van der Waals surface area contributed by atoms with E-state index in [9.17, 15) is 4.79 Å². The number of nitrogens with one attached hydrogen (secondary N) is 1. The van der Waals surface area contributed by atoms with Gasteiger partial charge in [0.1, 0.15) is 5.75 Å². The molecule has 0 fully saturated rings. The summed E-state index contributed by atoms with van der Waals surface area (Å²) in [5.41, 5.74) is 0.247. The van der Waals surface area contributed by atoms with E-state index < -0.39 is 0 Å². The van der Waals surface area contributed by atoms with Crippen molar-refractivity contribution >= 4 is 29.1 Å². The molecule has 0 saturated heterocycles. The summed E-state index contributed by atoms with van der Waals surface area (Å²) < 4.78 is 0. The van der Waals surface area contributed by atoms with E-state index in [4.69, 9.17) is 28.3 Å². The number of benzene rings is 1. The van der Waals surface area contributed by atoms with E-state index in [-0.39, 0.29) is 17.2 Å². The first-order chi connectivity index (χ1) is 6.65. The predicted molar refractivity (Wildman–Crippen MR) is 56.2 cm³/mol. The molecule has 3 nitrogen and oxygen atoms in total. The second-order valence-electron chi connectivity index (χ2n) is 2.61. The van der Waals surface area contributed by atoms with Crippen LogP contribution in [0.3, 0.4) is 0 Å². The van der Waals surface area contributed by atoms with Crippen molar-refractivity contribution in [1.29, 1.82) is 0 Å². The van der Waals surface area contributed by atoms with Gasteiger partial charge in [-0.2, -0.15) is 0 Å². The van der Waals surface area contributed by atoms with Crippen LogP contribution in [0.2, 0.25) is 5.02 Å².